The average Bonchev–Trinajstić information content (AvgIpc) is 3.40. The lowest BCUT2D eigenvalue weighted by Gasteiger charge is -2.69. The van der Waals surface area contributed by atoms with Gasteiger partial charge in [-0.2, -0.15) is 0 Å². The van der Waals surface area contributed by atoms with E-state index >= 15 is 0 Å². The van der Waals surface area contributed by atoms with Crippen molar-refractivity contribution in [2.45, 2.75) is 186 Å². The van der Waals surface area contributed by atoms with Gasteiger partial charge in [0.1, 0.15) is 42.7 Å². The van der Waals surface area contributed by atoms with E-state index in [1.54, 1.807) is 0 Å². The highest BCUT2D eigenvalue weighted by molar-refractivity contribution is 5.21. The van der Waals surface area contributed by atoms with Gasteiger partial charge in [-0.3, -0.25) is 0 Å². The quantitative estimate of drug-likeness (QED) is 0.153. The van der Waals surface area contributed by atoms with Gasteiger partial charge in [0.15, 0.2) is 12.6 Å². The molecule has 2 aliphatic heterocycles. The van der Waals surface area contributed by atoms with E-state index in [1.807, 2.05) is 20.8 Å². The molecule has 13 heteroatoms. The fourth-order valence-corrected chi connectivity index (χ4v) is 13.1. The van der Waals surface area contributed by atoms with Crippen molar-refractivity contribution in [1.82, 2.24) is 0 Å². The molecule has 6 rings (SSSR count). The van der Waals surface area contributed by atoms with Gasteiger partial charge in [0.25, 0.3) is 0 Å². The first-order valence-corrected chi connectivity index (χ1v) is 20.4. The van der Waals surface area contributed by atoms with Crippen LogP contribution in [0.4, 0.5) is 0 Å². The Morgan fingerprint density at radius 3 is 2.13 bits per heavy atom. The number of aliphatic hydroxyl groups is 9. The lowest BCUT2D eigenvalue weighted by molar-refractivity contribution is -0.348. The van der Waals surface area contributed by atoms with Crippen molar-refractivity contribution in [2.75, 3.05) is 13.2 Å². The molecule has 0 aromatic carbocycles. The Kier molecular flexibility index (Phi) is 12.0. The van der Waals surface area contributed by atoms with E-state index < -0.39 is 90.1 Å². The molecule has 0 aromatic rings. The number of allylic oxidation sites excluding steroid dienone is 2. The molecule has 0 spiro atoms. The van der Waals surface area contributed by atoms with E-state index in [4.69, 9.17) is 18.9 Å². The van der Waals surface area contributed by atoms with Gasteiger partial charge in [0.05, 0.1) is 37.1 Å². The normalized spacial score (nSPS) is 52.8. The molecular formula is C41H70O13. The Hall–Kier alpha value is -0.780. The standard InChI is InChI=1S/C41H70O13/c1-20(2)10-9-14-40(7,54-36-33(49)31(47)30(46)25(53-36)19-52-35-32(48)29(45)24(43)18-51-35)27-13-15-39(6)21-11-12-26-37(3,4)34(50)23(42)17-38(26,5)22(21)16-28(44)41(27,39)8/h10,21-36,42-50H,9,11-19H2,1-8H3/t21-,22+,23-,24-,25-,26+,27-,28-,29+,30-,31+,32-,33-,34+,35+,36+,38-,39+,40+,41+/m1/s1. The second kappa shape index (κ2) is 15.1. The lowest BCUT2D eigenvalue weighted by Crippen LogP contribution is -2.68. The molecule has 2 saturated heterocycles. The van der Waals surface area contributed by atoms with Crippen LogP contribution in [0.5, 0.6) is 0 Å². The summed E-state index contributed by atoms with van der Waals surface area (Å²) >= 11 is 0. The Balaban J connectivity index is 1.27. The molecule has 0 radical (unpaired) electrons. The molecule has 312 valence electrons. The molecular weight excluding hydrogens is 700 g/mol. The molecule has 0 amide bonds. The zero-order valence-electron chi connectivity index (χ0n) is 33.5. The number of hydrogen-bond acceptors (Lipinski definition) is 13. The third kappa shape index (κ3) is 6.76. The van der Waals surface area contributed by atoms with Gasteiger partial charge in [0, 0.05) is 5.41 Å². The summed E-state index contributed by atoms with van der Waals surface area (Å²) in [6.07, 6.45) is -7.55. The van der Waals surface area contributed by atoms with E-state index in [9.17, 15) is 46.0 Å². The van der Waals surface area contributed by atoms with E-state index in [0.29, 0.717) is 25.7 Å². The van der Waals surface area contributed by atoms with Crippen LogP contribution in [-0.4, -0.2) is 138 Å². The molecule has 54 heavy (non-hydrogen) atoms. The smallest absolute Gasteiger partial charge is 0.187 e. The van der Waals surface area contributed by atoms with Crippen molar-refractivity contribution in [2.24, 2.45) is 45.3 Å². The van der Waals surface area contributed by atoms with Crippen molar-refractivity contribution in [1.29, 1.82) is 0 Å². The minimum atomic E-state index is -1.65. The summed E-state index contributed by atoms with van der Waals surface area (Å²) in [7, 11) is 0. The predicted molar refractivity (Wildman–Crippen MR) is 196 cm³/mol. The molecule has 9 N–H and O–H groups in total. The maximum Gasteiger partial charge on any atom is 0.187 e. The Labute approximate surface area is 320 Å². The third-order valence-electron chi connectivity index (χ3n) is 16.3. The van der Waals surface area contributed by atoms with Crippen LogP contribution in [0.15, 0.2) is 11.6 Å². The molecule has 2 heterocycles. The molecule has 0 bridgehead atoms. The van der Waals surface area contributed by atoms with Crippen molar-refractivity contribution in [3.8, 4) is 0 Å². The van der Waals surface area contributed by atoms with Gasteiger partial charge < -0.3 is 64.9 Å². The van der Waals surface area contributed by atoms with E-state index in [2.05, 4.69) is 40.7 Å². The van der Waals surface area contributed by atoms with Crippen LogP contribution in [0.25, 0.3) is 0 Å². The second-order valence-electron chi connectivity index (χ2n) is 19.8. The number of ether oxygens (including phenoxy) is 4. The molecule has 6 fully saturated rings. The maximum absolute atomic E-state index is 12.6. The highest BCUT2D eigenvalue weighted by Crippen LogP contribution is 2.75. The summed E-state index contributed by atoms with van der Waals surface area (Å²) in [5.74, 6) is 0.432. The van der Waals surface area contributed by atoms with Crippen LogP contribution < -0.4 is 0 Å². The molecule has 0 aromatic heterocycles. The number of fused-ring (bicyclic) bond motifs is 5. The van der Waals surface area contributed by atoms with E-state index in [1.165, 1.54) is 0 Å². The molecule has 13 nitrogen and oxygen atoms in total. The number of hydrogen-bond donors (Lipinski definition) is 9. The Morgan fingerprint density at radius 1 is 0.796 bits per heavy atom. The minimum Gasteiger partial charge on any atom is -0.393 e. The van der Waals surface area contributed by atoms with Crippen LogP contribution in [-0.2, 0) is 18.9 Å². The van der Waals surface area contributed by atoms with Gasteiger partial charge in [-0.05, 0) is 112 Å². The first-order chi connectivity index (χ1) is 25.0. The Morgan fingerprint density at radius 2 is 1.46 bits per heavy atom. The fraction of sp³-hybridized carbons (Fsp3) is 0.951. The van der Waals surface area contributed by atoms with E-state index in [0.717, 1.165) is 31.3 Å². The summed E-state index contributed by atoms with van der Waals surface area (Å²) in [4.78, 5) is 0. The zero-order chi connectivity index (χ0) is 39.9. The van der Waals surface area contributed by atoms with Crippen LogP contribution in [0.2, 0.25) is 0 Å². The summed E-state index contributed by atoms with van der Waals surface area (Å²) in [6.45, 7) is 16.3. The van der Waals surface area contributed by atoms with Gasteiger partial charge in [0.2, 0.25) is 0 Å². The molecule has 4 aliphatic carbocycles. The maximum atomic E-state index is 12.6. The lowest BCUT2D eigenvalue weighted by atomic mass is 9.37. The van der Waals surface area contributed by atoms with Crippen molar-refractivity contribution >= 4 is 0 Å². The second-order valence-corrected chi connectivity index (χ2v) is 19.8. The zero-order valence-corrected chi connectivity index (χ0v) is 33.5. The summed E-state index contributed by atoms with van der Waals surface area (Å²) < 4.78 is 24.1. The number of aliphatic hydroxyl groups excluding tert-OH is 9. The SMILES string of the molecule is CC(C)=CCC[C@](C)(O[C@@H]1O[C@H](CO[C@@H]2OC[C@@H](O)[C@H](O)[C@H]2O)[C@@H](O)[C@H](O)[C@H]1O)[C@H]1CC[C@@]2(C)[C@@H]3CC[C@H]4C(C)(C)[C@@H](O)[C@H](O)C[C@]4(C)[C@H]3C[C@@H](O)[C@]12C. The van der Waals surface area contributed by atoms with Crippen LogP contribution >= 0.6 is 0 Å². The first kappa shape index (κ1) is 42.8. The summed E-state index contributed by atoms with van der Waals surface area (Å²) in [5, 5.41) is 98.4. The summed E-state index contributed by atoms with van der Waals surface area (Å²) in [6, 6.07) is 0. The predicted octanol–water partition coefficient (Wildman–Crippen LogP) is 1.76. The van der Waals surface area contributed by atoms with Gasteiger partial charge >= 0.3 is 0 Å². The van der Waals surface area contributed by atoms with Crippen molar-refractivity contribution in [3.05, 3.63) is 11.6 Å². The summed E-state index contributed by atoms with van der Waals surface area (Å²) in [5.41, 5.74) is -1.46. The van der Waals surface area contributed by atoms with Crippen molar-refractivity contribution < 1.29 is 64.9 Å². The first-order valence-electron chi connectivity index (χ1n) is 20.4. The topological polar surface area (TPSA) is 219 Å². The van der Waals surface area contributed by atoms with Gasteiger partial charge in [-0.25, -0.2) is 0 Å². The monoisotopic (exact) mass is 770 g/mol. The largest absolute Gasteiger partial charge is 0.393 e. The third-order valence-corrected chi connectivity index (χ3v) is 16.3. The fourth-order valence-electron chi connectivity index (χ4n) is 13.1. The van der Waals surface area contributed by atoms with Crippen LogP contribution in [0, 0.1) is 45.3 Å². The molecule has 20 atom stereocenters. The van der Waals surface area contributed by atoms with Gasteiger partial charge in [-0.1, -0.05) is 46.3 Å². The van der Waals surface area contributed by atoms with Crippen LogP contribution in [0.1, 0.15) is 107 Å². The Bertz CT molecular complexity index is 1360. The van der Waals surface area contributed by atoms with Crippen molar-refractivity contribution in [3.63, 3.8) is 0 Å². The number of rotatable bonds is 9. The van der Waals surface area contributed by atoms with Gasteiger partial charge in [-0.15, -0.1) is 0 Å². The van der Waals surface area contributed by atoms with E-state index in [-0.39, 0.29) is 47.7 Å². The highest BCUT2D eigenvalue weighted by Gasteiger charge is 2.72. The average molecular weight is 771 g/mol. The molecule has 0 unspecified atom stereocenters. The van der Waals surface area contributed by atoms with Crippen LogP contribution in [0.3, 0.4) is 0 Å². The molecule has 6 aliphatic rings. The molecule has 4 saturated carbocycles. The highest BCUT2D eigenvalue weighted by atomic mass is 16.7. The minimum absolute atomic E-state index is 0.152.